The quantitative estimate of drug-likeness (QED) is 0.338. The third-order valence-corrected chi connectivity index (χ3v) is 4.87. The standard InChI is InChI=1S/C23H21NO6/c1-29-22-12-19(20(24(27)28)13-23(22)30-2)11-21(26)18-9-7-17(8-10-18)16-5-3-15(14-25)4-6-16/h3-10,12-14,21,26H,11H2,1-2H3. The number of rotatable bonds is 8. The molecule has 0 aliphatic heterocycles. The number of hydrogen-bond acceptors (Lipinski definition) is 6. The van der Waals surface area contributed by atoms with Crippen molar-refractivity contribution in [3.63, 3.8) is 0 Å². The molecule has 0 amide bonds. The molecule has 0 saturated carbocycles. The zero-order valence-electron chi connectivity index (χ0n) is 16.6. The highest BCUT2D eigenvalue weighted by molar-refractivity contribution is 5.76. The van der Waals surface area contributed by atoms with E-state index in [9.17, 15) is 20.0 Å². The summed E-state index contributed by atoms with van der Waals surface area (Å²) in [7, 11) is 2.86. The van der Waals surface area contributed by atoms with Crippen LogP contribution in [0.5, 0.6) is 11.5 Å². The van der Waals surface area contributed by atoms with Crippen molar-refractivity contribution >= 4 is 12.0 Å². The maximum Gasteiger partial charge on any atom is 0.276 e. The summed E-state index contributed by atoms with van der Waals surface area (Å²) in [5.74, 6) is 0.617. The monoisotopic (exact) mass is 407 g/mol. The lowest BCUT2D eigenvalue weighted by atomic mass is 9.97. The van der Waals surface area contributed by atoms with Crippen LogP contribution in [0.15, 0.2) is 60.7 Å². The first kappa shape index (κ1) is 21.0. The molecular formula is C23H21NO6. The zero-order valence-corrected chi connectivity index (χ0v) is 16.6. The number of ether oxygens (including phenoxy) is 2. The molecular weight excluding hydrogens is 386 g/mol. The summed E-state index contributed by atoms with van der Waals surface area (Å²) in [5.41, 5.74) is 3.31. The van der Waals surface area contributed by atoms with Crippen molar-refractivity contribution in [2.45, 2.75) is 12.5 Å². The van der Waals surface area contributed by atoms with E-state index in [0.717, 1.165) is 17.4 Å². The second kappa shape index (κ2) is 9.19. The van der Waals surface area contributed by atoms with Gasteiger partial charge in [0.15, 0.2) is 11.5 Å². The molecule has 0 heterocycles. The average molecular weight is 407 g/mol. The predicted octanol–water partition coefficient (Wildman–Crippen LogP) is 4.37. The van der Waals surface area contributed by atoms with Gasteiger partial charge >= 0.3 is 0 Å². The summed E-state index contributed by atoms with van der Waals surface area (Å²) in [5, 5.41) is 22.1. The number of carbonyl (C=O) groups is 1. The first-order valence-electron chi connectivity index (χ1n) is 9.19. The van der Waals surface area contributed by atoms with Gasteiger partial charge < -0.3 is 14.6 Å². The normalized spacial score (nSPS) is 11.6. The van der Waals surface area contributed by atoms with Crippen molar-refractivity contribution in [1.82, 2.24) is 0 Å². The van der Waals surface area contributed by atoms with E-state index in [0.29, 0.717) is 22.4 Å². The molecule has 1 N–H and O–H groups in total. The van der Waals surface area contributed by atoms with Crippen LogP contribution in [0.1, 0.15) is 27.6 Å². The fraction of sp³-hybridized carbons (Fsp3) is 0.174. The van der Waals surface area contributed by atoms with Gasteiger partial charge in [0.25, 0.3) is 5.69 Å². The van der Waals surface area contributed by atoms with Gasteiger partial charge in [-0.05, 0) is 22.8 Å². The highest BCUT2D eigenvalue weighted by Crippen LogP contribution is 2.36. The number of hydrogen-bond donors (Lipinski definition) is 1. The number of nitro benzene ring substituents is 1. The molecule has 0 aliphatic rings. The number of methoxy groups -OCH3 is 2. The maximum atomic E-state index is 11.5. The molecule has 0 aliphatic carbocycles. The van der Waals surface area contributed by atoms with Gasteiger partial charge in [-0.2, -0.15) is 0 Å². The largest absolute Gasteiger partial charge is 0.493 e. The minimum Gasteiger partial charge on any atom is -0.493 e. The van der Waals surface area contributed by atoms with E-state index in [1.165, 1.54) is 26.4 Å². The lowest BCUT2D eigenvalue weighted by Gasteiger charge is -2.14. The molecule has 3 aromatic carbocycles. The molecule has 1 unspecified atom stereocenters. The van der Waals surface area contributed by atoms with Crippen LogP contribution in [0.25, 0.3) is 11.1 Å². The molecule has 0 spiro atoms. The summed E-state index contributed by atoms with van der Waals surface area (Å²) in [6.07, 6.45) is -0.103. The summed E-state index contributed by atoms with van der Waals surface area (Å²) in [6.45, 7) is 0. The lowest BCUT2D eigenvalue weighted by molar-refractivity contribution is -0.385. The fourth-order valence-corrected chi connectivity index (χ4v) is 3.22. The van der Waals surface area contributed by atoms with Crippen LogP contribution in [0.3, 0.4) is 0 Å². The van der Waals surface area contributed by atoms with Gasteiger partial charge in [0.1, 0.15) is 6.29 Å². The van der Waals surface area contributed by atoms with Gasteiger partial charge in [0.05, 0.1) is 31.3 Å². The second-order valence-electron chi connectivity index (χ2n) is 6.67. The third-order valence-electron chi connectivity index (χ3n) is 4.87. The number of nitrogens with zero attached hydrogens (tertiary/aromatic N) is 1. The van der Waals surface area contributed by atoms with E-state index in [2.05, 4.69) is 0 Å². The Labute approximate surface area is 173 Å². The summed E-state index contributed by atoms with van der Waals surface area (Å²) in [6, 6.07) is 17.3. The first-order valence-corrected chi connectivity index (χ1v) is 9.19. The number of aliphatic hydroxyl groups excluding tert-OH is 1. The highest BCUT2D eigenvalue weighted by Gasteiger charge is 2.22. The van der Waals surface area contributed by atoms with E-state index in [1.807, 2.05) is 24.3 Å². The Hall–Kier alpha value is -3.71. The molecule has 7 nitrogen and oxygen atoms in total. The molecule has 0 fully saturated rings. The van der Waals surface area contributed by atoms with Crippen LogP contribution in [0.4, 0.5) is 5.69 Å². The molecule has 1 atom stereocenters. The van der Waals surface area contributed by atoms with Crippen LogP contribution >= 0.6 is 0 Å². The fourth-order valence-electron chi connectivity index (χ4n) is 3.22. The molecule has 0 saturated heterocycles. The summed E-state index contributed by atoms with van der Waals surface area (Å²) < 4.78 is 10.4. The van der Waals surface area contributed by atoms with Crippen molar-refractivity contribution < 1.29 is 24.3 Å². The van der Waals surface area contributed by atoms with Gasteiger partial charge in [-0.15, -0.1) is 0 Å². The Balaban J connectivity index is 1.84. The maximum absolute atomic E-state index is 11.5. The number of carbonyl (C=O) groups excluding carboxylic acids is 1. The Morgan fingerprint density at radius 3 is 2.00 bits per heavy atom. The smallest absolute Gasteiger partial charge is 0.276 e. The van der Waals surface area contributed by atoms with Crippen molar-refractivity contribution in [3.05, 3.63) is 87.5 Å². The van der Waals surface area contributed by atoms with E-state index in [1.54, 1.807) is 24.3 Å². The Morgan fingerprint density at radius 2 is 1.50 bits per heavy atom. The van der Waals surface area contributed by atoms with Crippen molar-refractivity contribution in [1.29, 1.82) is 0 Å². The molecule has 3 rings (SSSR count). The van der Waals surface area contributed by atoms with Gasteiger partial charge in [-0.3, -0.25) is 14.9 Å². The van der Waals surface area contributed by atoms with Crippen LogP contribution in [-0.2, 0) is 6.42 Å². The average Bonchev–Trinajstić information content (AvgIpc) is 2.78. The third kappa shape index (κ3) is 4.47. The highest BCUT2D eigenvalue weighted by atomic mass is 16.6. The molecule has 3 aromatic rings. The summed E-state index contributed by atoms with van der Waals surface area (Å²) in [4.78, 5) is 21.7. The van der Waals surface area contributed by atoms with E-state index < -0.39 is 11.0 Å². The first-order chi connectivity index (χ1) is 14.5. The van der Waals surface area contributed by atoms with Crippen LogP contribution in [0, 0.1) is 10.1 Å². The van der Waals surface area contributed by atoms with Crippen molar-refractivity contribution in [3.8, 4) is 22.6 Å². The SMILES string of the molecule is COc1cc(CC(O)c2ccc(-c3ccc(C=O)cc3)cc2)c([N+](=O)[O-])cc1OC. The number of nitro groups is 1. The number of benzene rings is 3. The minimum absolute atomic E-state index is 0.0457. The topological polar surface area (TPSA) is 98.9 Å². The molecule has 30 heavy (non-hydrogen) atoms. The zero-order chi connectivity index (χ0) is 21.7. The molecule has 154 valence electrons. The molecule has 0 bridgehead atoms. The molecule has 0 aromatic heterocycles. The number of aldehydes is 1. The van der Waals surface area contributed by atoms with Gasteiger partial charge in [0, 0.05) is 17.5 Å². The van der Waals surface area contributed by atoms with Crippen LogP contribution in [0.2, 0.25) is 0 Å². The Morgan fingerprint density at radius 1 is 0.967 bits per heavy atom. The van der Waals surface area contributed by atoms with Crippen LogP contribution in [-0.4, -0.2) is 30.5 Å². The van der Waals surface area contributed by atoms with Crippen LogP contribution < -0.4 is 9.47 Å². The minimum atomic E-state index is -0.937. The predicted molar refractivity (Wildman–Crippen MR) is 112 cm³/mol. The summed E-state index contributed by atoms with van der Waals surface area (Å²) >= 11 is 0. The second-order valence-corrected chi connectivity index (χ2v) is 6.67. The van der Waals surface area contributed by atoms with Crippen molar-refractivity contribution in [2.24, 2.45) is 0 Å². The van der Waals surface area contributed by atoms with Gasteiger partial charge in [-0.25, -0.2) is 0 Å². The lowest BCUT2D eigenvalue weighted by Crippen LogP contribution is -2.05. The number of aliphatic hydroxyl groups is 1. The van der Waals surface area contributed by atoms with E-state index in [-0.39, 0.29) is 17.9 Å². The van der Waals surface area contributed by atoms with Gasteiger partial charge in [0.2, 0.25) is 0 Å². The van der Waals surface area contributed by atoms with Crippen molar-refractivity contribution in [2.75, 3.05) is 14.2 Å². The Bertz CT molecular complexity index is 1040. The van der Waals surface area contributed by atoms with E-state index in [4.69, 9.17) is 9.47 Å². The Kier molecular flexibility index (Phi) is 6.44. The molecule has 0 radical (unpaired) electrons. The van der Waals surface area contributed by atoms with Gasteiger partial charge in [-0.1, -0.05) is 48.5 Å². The molecule has 7 heteroatoms. The van der Waals surface area contributed by atoms with E-state index >= 15 is 0 Å².